The third-order valence-electron chi connectivity index (χ3n) is 4.38. The number of amides is 2. The first-order valence-electron chi connectivity index (χ1n) is 8.18. The Labute approximate surface area is 144 Å². The molecular formula is C18H17N5O2. The third-order valence-corrected chi connectivity index (χ3v) is 4.38. The number of fused-ring (bicyclic) bond motifs is 1. The van der Waals surface area contributed by atoms with Crippen LogP contribution in [0, 0.1) is 0 Å². The molecule has 25 heavy (non-hydrogen) atoms. The van der Waals surface area contributed by atoms with E-state index in [1.165, 1.54) is 0 Å². The largest absolute Gasteiger partial charge is 0.345 e. The molecule has 1 aliphatic heterocycles. The van der Waals surface area contributed by atoms with Crippen molar-refractivity contribution in [2.75, 3.05) is 11.4 Å². The van der Waals surface area contributed by atoms with Crippen LogP contribution in [-0.2, 0) is 4.79 Å². The van der Waals surface area contributed by atoms with Crippen molar-refractivity contribution in [2.45, 2.75) is 18.9 Å². The number of hydrogen-bond acceptors (Lipinski definition) is 4. The van der Waals surface area contributed by atoms with Crippen LogP contribution in [0.2, 0.25) is 0 Å². The summed E-state index contributed by atoms with van der Waals surface area (Å²) >= 11 is 0. The van der Waals surface area contributed by atoms with Crippen LogP contribution in [0.5, 0.6) is 0 Å². The van der Waals surface area contributed by atoms with Crippen molar-refractivity contribution < 1.29 is 9.59 Å². The van der Waals surface area contributed by atoms with E-state index in [0.29, 0.717) is 18.5 Å². The number of imidazole rings is 1. The van der Waals surface area contributed by atoms with Crippen LogP contribution in [0.3, 0.4) is 0 Å². The maximum absolute atomic E-state index is 12.7. The molecule has 7 nitrogen and oxygen atoms in total. The molecule has 126 valence electrons. The van der Waals surface area contributed by atoms with Crippen molar-refractivity contribution in [3.05, 3.63) is 54.6 Å². The number of anilines is 1. The average molecular weight is 335 g/mol. The van der Waals surface area contributed by atoms with E-state index >= 15 is 0 Å². The van der Waals surface area contributed by atoms with Crippen molar-refractivity contribution in [3.63, 3.8) is 0 Å². The first-order valence-corrected chi connectivity index (χ1v) is 8.18. The highest BCUT2D eigenvalue weighted by Crippen LogP contribution is 2.20. The zero-order valence-electron chi connectivity index (χ0n) is 13.5. The molecule has 1 saturated heterocycles. The van der Waals surface area contributed by atoms with Gasteiger partial charge >= 0.3 is 0 Å². The Hall–Kier alpha value is -3.22. The molecule has 3 aromatic rings. The smallest absolute Gasteiger partial charge is 0.252 e. The maximum Gasteiger partial charge on any atom is 0.252 e. The number of benzene rings is 1. The zero-order valence-corrected chi connectivity index (χ0v) is 13.5. The van der Waals surface area contributed by atoms with Crippen molar-refractivity contribution >= 4 is 28.5 Å². The third kappa shape index (κ3) is 2.96. The van der Waals surface area contributed by atoms with E-state index < -0.39 is 6.04 Å². The van der Waals surface area contributed by atoms with Gasteiger partial charge in [0.05, 0.1) is 29.2 Å². The van der Waals surface area contributed by atoms with Crippen LogP contribution < -0.4 is 10.2 Å². The normalized spacial score (nSPS) is 17.7. The molecule has 1 atom stereocenters. The van der Waals surface area contributed by atoms with E-state index in [4.69, 9.17) is 0 Å². The second-order valence-electron chi connectivity index (χ2n) is 6.00. The molecule has 3 heterocycles. The van der Waals surface area contributed by atoms with Crippen LogP contribution >= 0.6 is 0 Å². The molecule has 0 radical (unpaired) electrons. The number of rotatable bonds is 3. The highest BCUT2D eigenvalue weighted by atomic mass is 16.2. The molecular weight excluding hydrogens is 318 g/mol. The van der Waals surface area contributed by atoms with Gasteiger partial charge in [-0.1, -0.05) is 0 Å². The number of carbonyl (C=O) groups excluding carboxylic acids is 2. The summed E-state index contributed by atoms with van der Waals surface area (Å²) in [5.74, 6) is -0.363. The Kier molecular flexibility index (Phi) is 3.89. The predicted molar refractivity (Wildman–Crippen MR) is 93.2 cm³/mol. The minimum atomic E-state index is -0.529. The predicted octanol–water partition coefficient (Wildman–Crippen LogP) is 1.88. The van der Waals surface area contributed by atoms with Crippen LogP contribution in [0.25, 0.3) is 11.0 Å². The molecule has 0 saturated carbocycles. The van der Waals surface area contributed by atoms with E-state index in [0.717, 1.165) is 23.1 Å². The van der Waals surface area contributed by atoms with Crippen molar-refractivity contribution in [2.24, 2.45) is 0 Å². The molecule has 2 amide bonds. The molecule has 0 aliphatic carbocycles. The quantitative estimate of drug-likeness (QED) is 0.764. The summed E-state index contributed by atoms with van der Waals surface area (Å²) in [6.45, 7) is 0.636. The summed E-state index contributed by atoms with van der Waals surface area (Å²) in [5.41, 5.74) is 2.85. The van der Waals surface area contributed by atoms with Gasteiger partial charge in [-0.25, -0.2) is 4.98 Å². The van der Waals surface area contributed by atoms with E-state index in [1.807, 2.05) is 6.07 Å². The fraction of sp³-hybridized carbons (Fsp3) is 0.222. The summed E-state index contributed by atoms with van der Waals surface area (Å²) < 4.78 is 0. The molecule has 7 heteroatoms. The van der Waals surface area contributed by atoms with Crippen LogP contribution in [0.4, 0.5) is 5.69 Å². The van der Waals surface area contributed by atoms with Gasteiger partial charge in [0.1, 0.15) is 6.04 Å². The standard InChI is InChI=1S/C18H17N5O2/c24-17(12-5-6-14-16(9-12)21-11-20-14)22-15-4-2-8-23(18(15)25)13-3-1-7-19-10-13/h1,3,5-7,9-11,15H,2,4,8H2,(H,20,21)(H,22,24)/t15-/m0/s1. The lowest BCUT2D eigenvalue weighted by molar-refractivity contribution is -0.121. The summed E-state index contributed by atoms with van der Waals surface area (Å²) in [7, 11) is 0. The SMILES string of the molecule is O=C(N[C@H]1CCCN(c2cccnc2)C1=O)c1ccc2nc[nH]c2c1. The van der Waals surface area contributed by atoms with Gasteiger partial charge in [-0.2, -0.15) is 0 Å². The van der Waals surface area contributed by atoms with E-state index in [2.05, 4.69) is 20.3 Å². The number of nitrogens with zero attached hydrogens (tertiary/aromatic N) is 3. The van der Waals surface area contributed by atoms with Crippen molar-refractivity contribution in [3.8, 4) is 0 Å². The maximum atomic E-state index is 12.7. The van der Waals surface area contributed by atoms with Crippen molar-refractivity contribution in [1.29, 1.82) is 0 Å². The number of pyridine rings is 1. The lowest BCUT2D eigenvalue weighted by Crippen LogP contribution is -2.52. The monoisotopic (exact) mass is 335 g/mol. The van der Waals surface area contributed by atoms with Gasteiger partial charge in [0, 0.05) is 18.3 Å². The summed E-state index contributed by atoms with van der Waals surface area (Å²) in [5, 5.41) is 2.86. The number of aromatic nitrogens is 3. The Morgan fingerprint density at radius 2 is 2.24 bits per heavy atom. The second-order valence-corrected chi connectivity index (χ2v) is 6.00. The zero-order chi connectivity index (χ0) is 17.2. The number of piperidine rings is 1. The molecule has 2 aromatic heterocycles. The molecule has 0 unspecified atom stereocenters. The minimum absolute atomic E-state index is 0.102. The fourth-order valence-electron chi connectivity index (χ4n) is 3.10. The van der Waals surface area contributed by atoms with Gasteiger partial charge in [-0.05, 0) is 43.2 Å². The summed E-state index contributed by atoms with van der Waals surface area (Å²) in [4.78, 5) is 38.1. The lowest BCUT2D eigenvalue weighted by atomic mass is 10.0. The topological polar surface area (TPSA) is 91.0 Å². The lowest BCUT2D eigenvalue weighted by Gasteiger charge is -2.32. The number of carbonyl (C=O) groups is 2. The van der Waals surface area contributed by atoms with Gasteiger partial charge in [-0.15, -0.1) is 0 Å². The molecule has 0 spiro atoms. The second kappa shape index (κ2) is 6.35. The number of nitrogens with one attached hydrogen (secondary N) is 2. The van der Waals surface area contributed by atoms with E-state index in [-0.39, 0.29) is 11.8 Å². The minimum Gasteiger partial charge on any atom is -0.345 e. The van der Waals surface area contributed by atoms with Crippen molar-refractivity contribution in [1.82, 2.24) is 20.3 Å². The Balaban J connectivity index is 1.51. The van der Waals surface area contributed by atoms with Gasteiger partial charge in [0.15, 0.2) is 0 Å². The molecule has 4 rings (SSSR count). The van der Waals surface area contributed by atoms with Gasteiger partial charge in [-0.3, -0.25) is 14.6 Å². The molecule has 2 N–H and O–H groups in total. The molecule has 1 aliphatic rings. The highest BCUT2D eigenvalue weighted by Gasteiger charge is 2.31. The summed E-state index contributed by atoms with van der Waals surface area (Å²) in [6, 6.07) is 8.35. The van der Waals surface area contributed by atoms with Gasteiger partial charge < -0.3 is 15.2 Å². The van der Waals surface area contributed by atoms with Crippen LogP contribution in [0.15, 0.2) is 49.1 Å². The van der Waals surface area contributed by atoms with Crippen LogP contribution in [0.1, 0.15) is 23.2 Å². The molecule has 1 fully saturated rings. The summed E-state index contributed by atoms with van der Waals surface area (Å²) in [6.07, 6.45) is 6.37. The number of hydrogen-bond donors (Lipinski definition) is 2. The Morgan fingerprint density at radius 3 is 3.08 bits per heavy atom. The van der Waals surface area contributed by atoms with E-state index in [1.54, 1.807) is 47.9 Å². The molecule has 1 aromatic carbocycles. The first-order chi connectivity index (χ1) is 12.2. The Morgan fingerprint density at radius 1 is 1.32 bits per heavy atom. The van der Waals surface area contributed by atoms with E-state index in [9.17, 15) is 9.59 Å². The Bertz CT molecular complexity index is 921. The first kappa shape index (κ1) is 15.3. The fourth-order valence-corrected chi connectivity index (χ4v) is 3.10. The van der Waals surface area contributed by atoms with Crippen LogP contribution in [-0.4, -0.2) is 39.4 Å². The van der Waals surface area contributed by atoms with Gasteiger partial charge in [0.2, 0.25) is 5.91 Å². The molecule has 0 bridgehead atoms. The highest BCUT2D eigenvalue weighted by molar-refractivity contribution is 6.03. The number of aromatic amines is 1. The average Bonchev–Trinajstić information content (AvgIpc) is 3.12. The van der Waals surface area contributed by atoms with Gasteiger partial charge in [0.25, 0.3) is 5.91 Å². The number of H-pyrrole nitrogens is 1.